The van der Waals surface area contributed by atoms with Gasteiger partial charge in [0.25, 0.3) is 0 Å². The van der Waals surface area contributed by atoms with Gasteiger partial charge in [-0.25, -0.2) is 0 Å². The predicted molar refractivity (Wildman–Crippen MR) is 71.5 cm³/mol. The van der Waals surface area contributed by atoms with Crippen LogP contribution >= 0.6 is 0 Å². The predicted octanol–water partition coefficient (Wildman–Crippen LogP) is 3.62. The third-order valence-corrected chi connectivity index (χ3v) is 3.02. The van der Waals surface area contributed by atoms with Crippen molar-refractivity contribution in [1.29, 1.82) is 0 Å². The minimum Gasteiger partial charge on any atom is -0.487 e. The van der Waals surface area contributed by atoms with Crippen LogP contribution in [0, 0.1) is 13.8 Å². The molecule has 1 aromatic rings. The Morgan fingerprint density at radius 3 is 2.47 bits per heavy atom. The lowest BCUT2D eigenvalue weighted by molar-refractivity contribution is 0.0281. The van der Waals surface area contributed by atoms with Gasteiger partial charge in [0.2, 0.25) is 0 Å². The Kier molecular flexibility index (Phi) is 5.49. The number of hydrogen-bond donors (Lipinski definition) is 1. The van der Waals surface area contributed by atoms with Gasteiger partial charge in [-0.2, -0.15) is 0 Å². The van der Waals surface area contributed by atoms with Crippen molar-refractivity contribution in [3.05, 3.63) is 29.3 Å². The van der Waals surface area contributed by atoms with E-state index in [1.807, 2.05) is 26.0 Å². The molecule has 96 valence electrons. The van der Waals surface area contributed by atoms with Crippen molar-refractivity contribution in [2.24, 2.45) is 0 Å². The minimum absolute atomic E-state index is 0.101. The monoisotopic (exact) mass is 236 g/mol. The Morgan fingerprint density at radius 1 is 1.24 bits per heavy atom. The average Bonchev–Trinajstić information content (AvgIpc) is 2.28. The summed E-state index contributed by atoms with van der Waals surface area (Å²) in [6.45, 7) is 8.24. The van der Waals surface area contributed by atoms with Crippen LogP contribution in [-0.4, -0.2) is 17.3 Å². The number of hydrogen-bond acceptors (Lipinski definition) is 2. The molecule has 0 radical (unpaired) electrons. The number of aliphatic hydroxyl groups is 1. The first-order valence-electron chi connectivity index (χ1n) is 6.50. The van der Waals surface area contributed by atoms with Crippen LogP contribution in [0.1, 0.15) is 44.2 Å². The average molecular weight is 236 g/mol. The van der Waals surface area contributed by atoms with Gasteiger partial charge in [-0.15, -0.1) is 0 Å². The molecule has 0 aromatic heterocycles. The number of benzene rings is 1. The van der Waals surface area contributed by atoms with Crippen LogP contribution in [0.15, 0.2) is 18.2 Å². The summed E-state index contributed by atoms with van der Waals surface area (Å²) in [7, 11) is 0. The van der Waals surface area contributed by atoms with E-state index in [4.69, 9.17) is 4.74 Å². The molecule has 1 rings (SSSR count). The normalized spacial score (nSPS) is 14.4. The molecule has 0 heterocycles. The maximum Gasteiger partial charge on any atom is 0.124 e. The van der Waals surface area contributed by atoms with Gasteiger partial charge in [0, 0.05) is 0 Å². The topological polar surface area (TPSA) is 29.5 Å². The molecule has 0 saturated heterocycles. The zero-order valence-electron chi connectivity index (χ0n) is 11.4. The van der Waals surface area contributed by atoms with E-state index in [9.17, 15) is 5.11 Å². The molecule has 2 heteroatoms. The Bertz CT molecular complexity index is 347. The highest BCUT2D eigenvalue weighted by atomic mass is 16.5. The lowest BCUT2D eigenvalue weighted by Gasteiger charge is -2.23. The third-order valence-electron chi connectivity index (χ3n) is 3.02. The van der Waals surface area contributed by atoms with E-state index >= 15 is 0 Å². The molecule has 0 amide bonds. The van der Waals surface area contributed by atoms with Crippen LogP contribution in [0.2, 0.25) is 0 Å². The van der Waals surface area contributed by atoms with Crippen LogP contribution in [-0.2, 0) is 0 Å². The van der Waals surface area contributed by atoms with Gasteiger partial charge in [0.1, 0.15) is 11.9 Å². The van der Waals surface area contributed by atoms with E-state index in [-0.39, 0.29) is 12.2 Å². The van der Waals surface area contributed by atoms with Crippen LogP contribution in [0.5, 0.6) is 5.75 Å². The van der Waals surface area contributed by atoms with Crippen molar-refractivity contribution in [3.8, 4) is 5.75 Å². The Morgan fingerprint density at radius 2 is 1.94 bits per heavy atom. The summed E-state index contributed by atoms with van der Waals surface area (Å²) in [6, 6.07) is 6.14. The van der Waals surface area contributed by atoms with E-state index in [0.717, 1.165) is 30.6 Å². The molecule has 0 bridgehead atoms. The molecule has 0 aliphatic heterocycles. The van der Waals surface area contributed by atoms with Crippen molar-refractivity contribution < 1.29 is 9.84 Å². The van der Waals surface area contributed by atoms with Crippen molar-refractivity contribution in [2.75, 3.05) is 0 Å². The summed E-state index contributed by atoms with van der Waals surface area (Å²) in [5.41, 5.74) is 2.36. The molecule has 0 saturated carbocycles. The Labute approximate surface area is 105 Å². The molecular formula is C15H24O2. The zero-order valence-corrected chi connectivity index (χ0v) is 11.4. The van der Waals surface area contributed by atoms with E-state index in [2.05, 4.69) is 19.9 Å². The quantitative estimate of drug-likeness (QED) is 0.817. The summed E-state index contributed by atoms with van der Waals surface area (Å²) in [6.07, 6.45) is 2.13. The SMILES string of the molecule is CCCC(O)C(CC)Oc1ccc(C)cc1C. The first-order chi connectivity index (χ1) is 8.08. The van der Waals surface area contributed by atoms with Crippen LogP contribution in [0.4, 0.5) is 0 Å². The highest BCUT2D eigenvalue weighted by Gasteiger charge is 2.18. The minimum atomic E-state index is -0.370. The molecule has 2 nitrogen and oxygen atoms in total. The second-order valence-electron chi connectivity index (χ2n) is 4.69. The number of ether oxygens (including phenoxy) is 1. The molecule has 2 atom stereocenters. The van der Waals surface area contributed by atoms with E-state index in [1.165, 1.54) is 5.56 Å². The number of aryl methyl sites for hydroxylation is 2. The van der Waals surface area contributed by atoms with Gasteiger partial charge < -0.3 is 9.84 Å². The Hall–Kier alpha value is -1.02. The summed E-state index contributed by atoms with van der Waals surface area (Å²) < 4.78 is 5.91. The zero-order chi connectivity index (χ0) is 12.8. The summed E-state index contributed by atoms with van der Waals surface area (Å²) >= 11 is 0. The molecule has 0 spiro atoms. The van der Waals surface area contributed by atoms with E-state index in [0.29, 0.717) is 0 Å². The first-order valence-corrected chi connectivity index (χ1v) is 6.50. The van der Waals surface area contributed by atoms with Crippen molar-refractivity contribution >= 4 is 0 Å². The van der Waals surface area contributed by atoms with Crippen LogP contribution in [0.3, 0.4) is 0 Å². The van der Waals surface area contributed by atoms with Crippen molar-refractivity contribution in [3.63, 3.8) is 0 Å². The molecule has 0 aliphatic rings. The maximum absolute atomic E-state index is 9.99. The molecule has 1 N–H and O–H groups in total. The highest BCUT2D eigenvalue weighted by Crippen LogP contribution is 2.22. The van der Waals surface area contributed by atoms with Gasteiger partial charge in [-0.05, 0) is 38.3 Å². The van der Waals surface area contributed by atoms with Gasteiger partial charge >= 0.3 is 0 Å². The van der Waals surface area contributed by atoms with Gasteiger partial charge in [0.05, 0.1) is 6.10 Å². The summed E-state index contributed by atoms with van der Waals surface area (Å²) in [4.78, 5) is 0. The van der Waals surface area contributed by atoms with Crippen LogP contribution < -0.4 is 4.74 Å². The van der Waals surface area contributed by atoms with Crippen molar-refractivity contribution in [2.45, 2.75) is 59.2 Å². The fourth-order valence-electron chi connectivity index (χ4n) is 2.01. The standard InChI is InChI=1S/C15H24O2/c1-5-7-13(16)14(6-2)17-15-9-8-11(3)10-12(15)4/h8-10,13-14,16H,5-7H2,1-4H3. The molecule has 0 fully saturated rings. The van der Waals surface area contributed by atoms with Crippen LogP contribution in [0.25, 0.3) is 0 Å². The lowest BCUT2D eigenvalue weighted by atomic mass is 10.1. The van der Waals surface area contributed by atoms with Crippen molar-refractivity contribution in [1.82, 2.24) is 0 Å². The van der Waals surface area contributed by atoms with E-state index in [1.54, 1.807) is 0 Å². The maximum atomic E-state index is 9.99. The molecule has 0 aliphatic carbocycles. The van der Waals surface area contributed by atoms with Gasteiger partial charge in [0.15, 0.2) is 0 Å². The molecule has 17 heavy (non-hydrogen) atoms. The number of rotatable bonds is 6. The molecule has 1 aromatic carbocycles. The fourth-order valence-corrected chi connectivity index (χ4v) is 2.01. The van der Waals surface area contributed by atoms with Gasteiger partial charge in [-0.1, -0.05) is 38.0 Å². The number of aliphatic hydroxyl groups excluding tert-OH is 1. The van der Waals surface area contributed by atoms with Gasteiger partial charge in [-0.3, -0.25) is 0 Å². The smallest absolute Gasteiger partial charge is 0.124 e. The van der Waals surface area contributed by atoms with E-state index < -0.39 is 0 Å². The third kappa shape index (κ3) is 4.04. The summed E-state index contributed by atoms with van der Waals surface area (Å²) in [5.74, 6) is 0.887. The molecular weight excluding hydrogens is 212 g/mol. The highest BCUT2D eigenvalue weighted by molar-refractivity contribution is 5.35. The molecule has 2 unspecified atom stereocenters. The second kappa shape index (κ2) is 6.65. The first kappa shape index (κ1) is 14.0. The Balaban J connectivity index is 2.73. The lowest BCUT2D eigenvalue weighted by Crippen LogP contribution is -2.31. The summed E-state index contributed by atoms with van der Waals surface area (Å²) in [5, 5.41) is 9.99. The largest absolute Gasteiger partial charge is 0.487 e. The second-order valence-corrected chi connectivity index (χ2v) is 4.69. The fraction of sp³-hybridized carbons (Fsp3) is 0.600.